The fourth-order valence-corrected chi connectivity index (χ4v) is 4.14. The van der Waals surface area contributed by atoms with Gasteiger partial charge in [0.1, 0.15) is 0 Å². The monoisotopic (exact) mass is 370 g/mol. The molecule has 1 aliphatic rings. The standard InChI is InChI=1S/C19H30N2OS.ClH/c1-4-18(12-16-8-6-15(3)7-9-16)21(5-2)19(22)13-17-14-23-11-10-20-17;/h6-9,17-18,20H,4-5,10-14H2,1-3H3;1H. The Labute approximate surface area is 157 Å². The number of nitrogens with one attached hydrogen (secondary N) is 1. The van der Waals surface area contributed by atoms with Crippen molar-refractivity contribution in [2.75, 3.05) is 24.6 Å². The molecule has 3 nitrogen and oxygen atoms in total. The normalized spacial score (nSPS) is 18.5. The minimum Gasteiger partial charge on any atom is -0.340 e. The summed E-state index contributed by atoms with van der Waals surface area (Å²) in [6, 6.07) is 9.33. The lowest BCUT2D eigenvalue weighted by Crippen LogP contribution is -2.46. The first kappa shape index (κ1) is 21.3. The Bertz CT molecular complexity index is 489. The first-order valence-electron chi connectivity index (χ1n) is 8.80. The number of hydrogen-bond acceptors (Lipinski definition) is 3. The Kier molecular flexibility index (Phi) is 9.79. The highest BCUT2D eigenvalue weighted by atomic mass is 35.5. The summed E-state index contributed by atoms with van der Waals surface area (Å²) in [7, 11) is 0. The van der Waals surface area contributed by atoms with Crippen molar-refractivity contribution < 1.29 is 4.79 Å². The van der Waals surface area contributed by atoms with Crippen LogP contribution >= 0.6 is 24.2 Å². The van der Waals surface area contributed by atoms with E-state index in [-0.39, 0.29) is 12.4 Å². The van der Waals surface area contributed by atoms with Gasteiger partial charge < -0.3 is 10.2 Å². The third kappa shape index (κ3) is 6.30. The van der Waals surface area contributed by atoms with E-state index in [0.29, 0.717) is 24.4 Å². The predicted molar refractivity (Wildman–Crippen MR) is 107 cm³/mol. The molecular formula is C19H31ClN2OS. The molecule has 1 saturated heterocycles. The molecule has 1 fully saturated rings. The van der Waals surface area contributed by atoms with Gasteiger partial charge in [0, 0.05) is 43.1 Å². The van der Waals surface area contributed by atoms with Crippen LogP contribution in [0.15, 0.2) is 24.3 Å². The van der Waals surface area contributed by atoms with Crippen LogP contribution in [0.5, 0.6) is 0 Å². The first-order valence-corrected chi connectivity index (χ1v) is 9.95. The molecule has 24 heavy (non-hydrogen) atoms. The van der Waals surface area contributed by atoms with Crippen molar-refractivity contribution in [1.82, 2.24) is 10.2 Å². The van der Waals surface area contributed by atoms with Gasteiger partial charge in [0.05, 0.1) is 0 Å². The van der Waals surface area contributed by atoms with E-state index in [0.717, 1.165) is 37.4 Å². The van der Waals surface area contributed by atoms with Crippen LogP contribution in [0, 0.1) is 6.92 Å². The van der Waals surface area contributed by atoms with Crippen molar-refractivity contribution >= 4 is 30.1 Å². The van der Waals surface area contributed by atoms with Gasteiger partial charge in [-0.1, -0.05) is 36.8 Å². The molecule has 0 aromatic heterocycles. The second kappa shape index (κ2) is 11.0. The minimum absolute atomic E-state index is 0. The zero-order valence-corrected chi connectivity index (χ0v) is 16.7. The van der Waals surface area contributed by atoms with Crippen LogP contribution in [-0.4, -0.2) is 47.5 Å². The maximum atomic E-state index is 12.8. The van der Waals surface area contributed by atoms with Gasteiger partial charge in [-0.2, -0.15) is 11.8 Å². The average molecular weight is 371 g/mol. The van der Waals surface area contributed by atoms with Crippen molar-refractivity contribution in [3.8, 4) is 0 Å². The highest BCUT2D eigenvalue weighted by Crippen LogP contribution is 2.17. The smallest absolute Gasteiger partial charge is 0.224 e. The van der Waals surface area contributed by atoms with Gasteiger partial charge in [0.15, 0.2) is 0 Å². The van der Waals surface area contributed by atoms with E-state index in [1.807, 2.05) is 11.8 Å². The molecule has 0 aliphatic carbocycles. The zero-order chi connectivity index (χ0) is 16.7. The number of rotatable bonds is 7. The Morgan fingerprint density at radius 2 is 2.04 bits per heavy atom. The largest absolute Gasteiger partial charge is 0.340 e. The highest BCUT2D eigenvalue weighted by molar-refractivity contribution is 7.99. The number of aryl methyl sites for hydroxylation is 1. The molecule has 2 unspecified atom stereocenters. The van der Waals surface area contributed by atoms with Gasteiger partial charge in [-0.05, 0) is 32.3 Å². The van der Waals surface area contributed by atoms with Gasteiger partial charge >= 0.3 is 0 Å². The van der Waals surface area contributed by atoms with Crippen LogP contribution in [0.3, 0.4) is 0 Å². The van der Waals surface area contributed by atoms with Gasteiger partial charge in [-0.3, -0.25) is 4.79 Å². The molecule has 1 N–H and O–H groups in total. The Hall–Kier alpha value is -0.710. The average Bonchev–Trinajstić information content (AvgIpc) is 2.57. The van der Waals surface area contributed by atoms with Crippen molar-refractivity contribution in [2.45, 2.75) is 52.1 Å². The molecule has 136 valence electrons. The molecule has 1 aliphatic heterocycles. The van der Waals surface area contributed by atoms with Gasteiger partial charge in [0.2, 0.25) is 5.91 Å². The summed E-state index contributed by atoms with van der Waals surface area (Å²) in [4.78, 5) is 14.8. The predicted octanol–water partition coefficient (Wildman–Crippen LogP) is 3.68. The third-order valence-corrected chi connectivity index (χ3v) is 5.72. The van der Waals surface area contributed by atoms with Crippen molar-refractivity contribution in [3.63, 3.8) is 0 Å². The van der Waals surface area contributed by atoms with E-state index in [9.17, 15) is 4.79 Å². The number of halogens is 1. The molecule has 2 atom stereocenters. The summed E-state index contributed by atoms with van der Waals surface area (Å²) < 4.78 is 0. The second-order valence-corrected chi connectivity index (χ2v) is 7.51. The van der Waals surface area contributed by atoms with Crippen LogP contribution in [0.25, 0.3) is 0 Å². The van der Waals surface area contributed by atoms with E-state index in [2.05, 4.69) is 55.3 Å². The molecule has 0 spiro atoms. The summed E-state index contributed by atoms with van der Waals surface area (Å²) in [5.41, 5.74) is 2.60. The summed E-state index contributed by atoms with van der Waals surface area (Å²) in [6.45, 7) is 8.21. The lowest BCUT2D eigenvalue weighted by molar-refractivity contribution is -0.133. The summed E-state index contributed by atoms with van der Waals surface area (Å²) in [5.74, 6) is 2.51. The first-order chi connectivity index (χ1) is 11.1. The van der Waals surface area contributed by atoms with Gasteiger partial charge in [-0.15, -0.1) is 12.4 Å². The van der Waals surface area contributed by atoms with E-state index < -0.39 is 0 Å². The number of amides is 1. The van der Waals surface area contributed by atoms with Gasteiger partial charge in [-0.25, -0.2) is 0 Å². The quantitative estimate of drug-likeness (QED) is 0.794. The second-order valence-electron chi connectivity index (χ2n) is 6.36. The Balaban J connectivity index is 0.00000288. The lowest BCUT2D eigenvalue weighted by Gasteiger charge is -2.32. The lowest BCUT2D eigenvalue weighted by atomic mass is 10.0. The number of benzene rings is 1. The fourth-order valence-electron chi connectivity index (χ4n) is 3.19. The number of nitrogens with zero attached hydrogens (tertiary/aromatic N) is 1. The van der Waals surface area contributed by atoms with Crippen LogP contribution in [0.2, 0.25) is 0 Å². The third-order valence-electron chi connectivity index (χ3n) is 4.58. The molecular weight excluding hydrogens is 340 g/mol. The number of carbonyl (C=O) groups excluding carboxylic acids is 1. The van der Waals surface area contributed by atoms with Crippen LogP contribution in [0.1, 0.15) is 37.8 Å². The Morgan fingerprint density at radius 1 is 1.33 bits per heavy atom. The molecule has 1 amide bonds. The zero-order valence-electron chi connectivity index (χ0n) is 15.1. The number of carbonyl (C=O) groups is 1. The SMILES string of the molecule is CCC(Cc1ccc(C)cc1)N(CC)C(=O)CC1CSCCN1.Cl. The summed E-state index contributed by atoms with van der Waals surface area (Å²) in [5, 5.41) is 3.47. The molecule has 5 heteroatoms. The van der Waals surface area contributed by atoms with E-state index in [1.54, 1.807) is 0 Å². The van der Waals surface area contributed by atoms with E-state index in [4.69, 9.17) is 0 Å². The molecule has 0 saturated carbocycles. The molecule has 2 rings (SSSR count). The topological polar surface area (TPSA) is 32.3 Å². The molecule has 1 aromatic carbocycles. The molecule has 0 radical (unpaired) electrons. The Morgan fingerprint density at radius 3 is 2.58 bits per heavy atom. The fraction of sp³-hybridized carbons (Fsp3) is 0.632. The van der Waals surface area contributed by atoms with Gasteiger partial charge in [0.25, 0.3) is 0 Å². The van der Waals surface area contributed by atoms with Crippen LogP contribution < -0.4 is 5.32 Å². The highest BCUT2D eigenvalue weighted by Gasteiger charge is 2.24. The van der Waals surface area contributed by atoms with Crippen molar-refractivity contribution in [3.05, 3.63) is 35.4 Å². The number of thioether (sulfide) groups is 1. The summed E-state index contributed by atoms with van der Waals surface area (Å²) in [6.07, 6.45) is 2.58. The van der Waals surface area contributed by atoms with Crippen LogP contribution in [-0.2, 0) is 11.2 Å². The molecule has 1 heterocycles. The maximum Gasteiger partial charge on any atom is 0.224 e. The van der Waals surface area contributed by atoms with Crippen molar-refractivity contribution in [2.24, 2.45) is 0 Å². The van der Waals surface area contributed by atoms with E-state index in [1.165, 1.54) is 11.1 Å². The minimum atomic E-state index is 0. The molecule has 1 aromatic rings. The van der Waals surface area contributed by atoms with Crippen molar-refractivity contribution in [1.29, 1.82) is 0 Å². The number of hydrogen-bond donors (Lipinski definition) is 1. The van der Waals surface area contributed by atoms with Crippen LogP contribution in [0.4, 0.5) is 0 Å². The molecule has 0 bridgehead atoms. The summed E-state index contributed by atoms with van der Waals surface area (Å²) >= 11 is 1.95. The number of likely N-dealkylation sites (N-methyl/N-ethyl adjacent to an activating group) is 1. The maximum absolute atomic E-state index is 12.8. The van der Waals surface area contributed by atoms with E-state index >= 15 is 0 Å².